The standard InChI is InChI=1S/C21H32N4OS/c1-15-7-6-8-18(11-15)24-10-9-23(13-17(24)3)19(26)14-25-16(2)12-21(4,5)22-20(25)27/h6-8,11,16-17H,9-10,12-14H2,1-5H3,(H,22,27)/t16-,17+/m0/s1. The van der Waals surface area contributed by atoms with Gasteiger partial charge < -0.3 is 20.0 Å². The second kappa shape index (κ2) is 7.66. The van der Waals surface area contributed by atoms with Crippen molar-refractivity contribution in [2.24, 2.45) is 0 Å². The first-order chi connectivity index (χ1) is 12.7. The summed E-state index contributed by atoms with van der Waals surface area (Å²) in [4.78, 5) is 19.4. The van der Waals surface area contributed by atoms with Crippen molar-refractivity contribution in [2.75, 3.05) is 31.1 Å². The van der Waals surface area contributed by atoms with E-state index in [-0.39, 0.29) is 17.5 Å². The smallest absolute Gasteiger partial charge is 0.242 e. The summed E-state index contributed by atoms with van der Waals surface area (Å²) in [5.74, 6) is 0.168. The molecule has 0 spiro atoms. The number of anilines is 1. The van der Waals surface area contributed by atoms with E-state index in [4.69, 9.17) is 12.2 Å². The topological polar surface area (TPSA) is 38.8 Å². The molecule has 0 radical (unpaired) electrons. The number of carbonyl (C=O) groups excluding carboxylic acids is 1. The Morgan fingerprint density at radius 1 is 1.26 bits per heavy atom. The van der Waals surface area contributed by atoms with Crippen molar-refractivity contribution in [3.63, 3.8) is 0 Å². The average Bonchev–Trinajstić information content (AvgIpc) is 2.57. The van der Waals surface area contributed by atoms with Crippen molar-refractivity contribution in [1.82, 2.24) is 15.1 Å². The molecule has 1 N–H and O–H groups in total. The van der Waals surface area contributed by atoms with Crippen molar-refractivity contribution < 1.29 is 4.79 Å². The zero-order valence-corrected chi connectivity index (χ0v) is 18.0. The van der Waals surface area contributed by atoms with Gasteiger partial charge in [-0.25, -0.2) is 0 Å². The average molecular weight is 389 g/mol. The third-order valence-electron chi connectivity index (χ3n) is 5.66. The first kappa shape index (κ1) is 19.9. The summed E-state index contributed by atoms with van der Waals surface area (Å²) in [5.41, 5.74) is 2.50. The van der Waals surface area contributed by atoms with Crippen molar-refractivity contribution in [3.8, 4) is 0 Å². The molecule has 0 aliphatic carbocycles. The summed E-state index contributed by atoms with van der Waals surface area (Å²) in [7, 11) is 0. The van der Waals surface area contributed by atoms with Gasteiger partial charge in [0.2, 0.25) is 5.91 Å². The number of thiocarbonyl (C=S) groups is 1. The molecule has 2 atom stereocenters. The molecule has 0 bridgehead atoms. The molecule has 5 nitrogen and oxygen atoms in total. The van der Waals surface area contributed by atoms with E-state index in [9.17, 15) is 4.79 Å². The van der Waals surface area contributed by atoms with Crippen LogP contribution in [0.2, 0.25) is 0 Å². The van der Waals surface area contributed by atoms with Crippen LogP contribution in [0.4, 0.5) is 5.69 Å². The van der Waals surface area contributed by atoms with Crippen molar-refractivity contribution in [2.45, 2.75) is 58.7 Å². The van der Waals surface area contributed by atoms with Crippen molar-refractivity contribution in [3.05, 3.63) is 29.8 Å². The van der Waals surface area contributed by atoms with Gasteiger partial charge in [-0.1, -0.05) is 12.1 Å². The number of hydrogen-bond donors (Lipinski definition) is 1. The van der Waals surface area contributed by atoms with Gasteiger partial charge in [0.05, 0.1) is 6.54 Å². The van der Waals surface area contributed by atoms with Crippen LogP contribution in [-0.4, -0.2) is 64.6 Å². The highest BCUT2D eigenvalue weighted by Crippen LogP contribution is 2.24. The zero-order valence-electron chi connectivity index (χ0n) is 17.2. The Hall–Kier alpha value is -1.82. The van der Waals surface area contributed by atoms with Crippen molar-refractivity contribution >= 4 is 28.9 Å². The maximum atomic E-state index is 12.9. The first-order valence-electron chi connectivity index (χ1n) is 9.86. The highest BCUT2D eigenvalue weighted by atomic mass is 32.1. The minimum atomic E-state index is -0.00992. The quantitative estimate of drug-likeness (QED) is 0.806. The van der Waals surface area contributed by atoms with Gasteiger partial charge in [0.25, 0.3) is 0 Å². The van der Waals surface area contributed by atoms with Crippen LogP contribution in [0.5, 0.6) is 0 Å². The summed E-state index contributed by atoms with van der Waals surface area (Å²) in [5, 5.41) is 4.06. The van der Waals surface area contributed by atoms with Gasteiger partial charge >= 0.3 is 0 Å². The fraction of sp³-hybridized carbons (Fsp3) is 0.619. The van der Waals surface area contributed by atoms with E-state index in [1.807, 2.05) is 9.80 Å². The molecule has 2 fully saturated rings. The fourth-order valence-electron chi connectivity index (χ4n) is 4.31. The lowest BCUT2D eigenvalue weighted by atomic mass is 9.93. The number of carbonyl (C=O) groups is 1. The molecule has 0 aromatic heterocycles. The van der Waals surface area contributed by atoms with E-state index < -0.39 is 0 Å². The number of hydrogen-bond acceptors (Lipinski definition) is 3. The maximum Gasteiger partial charge on any atom is 0.242 e. The van der Waals surface area contributed by atoms with Gasteiger partial charge in [0.1, 0.15) is 0 Å². The van der Waals surface area contributed by atoms with Gasteiger partial charge in [-0.05, 0) is 71.0 Å². The Balaban J connectivity index is 1.60. The van der Waals surface area contributed by atoms with E-state index in [1.54, 1.807) is 0 Å². The number of rotatable bonds is 3. The van der Waals surface area contributed by atoms with Crippen LogP contribution in [0.3, 0.4) is 0 Å². The third-order valence-corrected chi connectivity index (χ3v) is 6.00. The van der Waals surface area contributed by atoms with Gasteiger partial charge in [0.15, 0.2) is 5.11 Å². The second-order valence-corrected chi connectivity index (χ2v) is 9.10. The summed E-state index contributed by atoms with van der Waals surface area (Å²) in [6.45, 7) is 13.5. The lowest BCUT2D eigenvalue weighted by Gasteiger charge is -2.46. The normalized spacial score (nSPS) is 25.4. The van der Waals surface area contributed by atoms with Gasteiger partial charge in [-0.3, -0.25) is 4.79 Å². The predicted octanol–water partition coefficient (Wildman–Crippen LogP) is 2.78. The number of benzene rings is 1. The Kier molecular flexibility index (Phi) is 5.65. The van der Waals surface area contributed by atoms with Crippen LogP contribution in [0, 0.1) is 6.92 Å². The number of nitrogens with zero attached hydrogens (tertiary/aromatic N) is 3. The highest BCUT2D eigenvalue weighted by molar-refractivity contribution is 7.80. The Morgan fingerprint density at radius 3 is 2.63 bits per heavy atom. The monoisotopic (exact) mass is 388 g/mol. The molecule has 0 unspecified atom stereocenters. The molecule has 1 aromatic carbocycles. The molecule has 0 saturated carbocycles. The predicted molar refractivity (Wildman–Crippen MR) is 115 cm³/mol. The van der Waals surface area contributed by atoms with Gasteiger partial charge in [0, 0.05) is 42.9 Å². The van der Waals surface area contributed by atoms with E-state index >= 15 is 0 Å². The molecule has 148 valence electrons. The Labute approximate surface area is 168 Å². The summed E-state index contributed by atoms with van der Waals surface area (Å²) >= 11 is 5.53. The van der Waals surface area contributed by atoms with Crippen LogP contribution < -0.4 is 10.2 Å². The van der Waals surface area contributed by atoms with E-state index in [1.165, 1.54) is 11.3 Å². The van der Waals surface area contributed by atoms with Crippen LogP contribution in [0.1, 0.15) is 39.7 Å². The van der Waals surface area contributed by atoms with Crippen LogP contribution in [0.25, 0.3) is 0 Å². The van der Waals surface area contributed by atoms with Gasteiger partial charge in [-0.15, -0.1) is 0 Å². The third kappa shape index (κ3) is 4.54. The fourth-order valence-corrected chi connectivity index (χ4v) is 4.83. The molecule has 2 aliphatic heterocycles. The minimum absolute atomic E-state index is 0.00992. The lowest BCUT2D eigenvalue weighted by molar-refractivity contribution is -0.132. The maximum absolute atomic E-state index is 12.9. The SMILES string of the molecule is Cc1cccc(N2CCN(C(=O)CN3C(=S)NC(C)(C)C[C@@H]3C)C[C@H]2C)c1. The first-order valence-corrected chi connectivity index (χ1v) is 10.3. The molecule has 3 rings (SSSR count). The number of aryl methyl sites for hydroxylation is 1. The van der Waals surface area contributed by atoms with E-state index in [2.05, 4.69) is 69.1 Å². The minimum Gasteiger partial charge on any atom is -0.365 e. The van der Waals surface area contributed by atoms with Crippen LogP contribution >= 0.6 is 12.2 Å². The molecule has 6 heteroatoms. The number of nitrogens with one attached hydrogen (secondary N) is 1. The number of amides is 1. The summed E-state index contributed by atoms with van der Waals surface area (Å²) in [6, 6.07) is 9.15. The largest absolute Gasteiger partial charge is 0.365 e. The highest BCUT2D eigenvalue weighted by Gasteiger charge is 2.35. The molecule has 27 heavy (non-hydrogen) atoms. The Bertz CT molecular complexity index is 720. The van der Waals surface area contributed by atoms with Crippen LogP contribution in [0.15, 0.2) is 24.3 Å². The lowest BCUT2D eigenvalue weighted by Crippen LogP contribution is -2.63. The number of piperazine rings is 1. The zero-order chi connectivity index (χ0) is 19.8. The molecule has 2 heterocycles. The van der Waals surface area contributed by atoms with Gasteiger partial charge in [-0.2, -0.15) is 0 Å². The summed E-state index contributed by atoms with van der Waals surface area (Å²) < 4.78 is 0. The van der Waals surface area contributed by atoms with E-state index in [0.717, 1.165) is 26.1 Å². The molecule has 1 aromatic rings. The van der Waals surface area contributed by atoms with E-state index in [0.29, 0.717) is 17.7 Å². The Morgan fingerprint density at radius 2 is 2.00 bits per heavy atom. The van der Waals surface area contributed by atoms with Crippen molar-refractivity contribution in [1.29, 1.82) is 0 Å². The van der Waals surface area contributed by atoms with Crippen LogP contribution in [-0.2, 0) is 4.79 Å². The molecular formula is C21H32N4OS. The molecule has 2 aliphatic rings. The second-order valence-electron chi connectivity index (χ2n) is 8.72. The molecular weight excluding hydrogens is 356 g/mol. The summed E-state index contributed by atoms with van der Waals surface area (Å²) in [6.07, 6.45) is 0.970. The molecule has 1 amide bonds. The molecule has 2 saturated heterocycles.